The van der Waals surface area contributed by atoms with E-state index in [-0.39, 0.29) is 0 Å². The van der Waals surface area contributed by atoms with Gasteiger partial charge in [-0.05, 0) is 28.7 Å². The average Bonchev–Trinajstić information content (AvgIpc) is 2.59. The van der Waals surface area contributed by atoms with Gasteiger partial charge in [-0.25, -0.2) is 4.98 Å². The van der Waals surface area contributed by atoms with E-state index in [2.05, 4.69) is 38.0 Å². The summed E-state index contributed by atoms with van der Waals surface area (Å²) in [6.45, 7) is 0. The van der Waals surface area contributed by atoms with E-state index in [1.54, 1.807) is 17.1 Å². The lowest BCUT2D eigenvalue weighted by Crippen LogP contribution is -2.00. The first-order chi connectivity index (χ1) is 7.16. The van der Waals surface area contributed by atoms with E-state index in [4.69, 9.17) is 11.6 Å². The summed E-state index contributed by atoms with van der Waals surface area (Å²) in [5.74, 6) is 1.65. The Bertz CT molecular complexity index is 483. The topological polar surface area (TPSA) is 42.7 Å². The molecule has 2 aromatic heterocycles. The number of anilines is 2. The van der Waals surface area contributed by atoms with Crippen molar-refractivity contribution >= 4 is 45.8 Å². The molecule has 6 heteroatoms. The van der Waals surface area contributed by atoms with Gasteiger partial charge < -0.3 is 5.32 Å². The van der Waals surface area contributed by atoms with Crippen molar-refractivity contribution in [2.45, 2.75) is 0 Å². The maximum Gasteiger partial charge on any atom is 0.132 e. The summed E-state index contributed by atoms with van der Waals surface area (Å²) < 4.78 is 2.71. The van der Waals surface area contributed by atoms with E-state index in [0.29, 0.717) is 5.02 Å². The lowest BCUT2D eigenvalue weighted by Gasteiger charge is -2.06. The molecule has 0 saturated carbocycles. The van der Waals surface area contributed by atoms with Gasteiger partial charge in [0.15, 0.2) is 0 Å². The van der Waals surface area contributed by atoms with Gasteiger partial charge in [-0.15, -0.1) is 0 Å². The highest BCUT2D eigenvalue weighted by molar-refractivity contribution is 14.1. The molecule has 2 rings (SSSR count). The van der Waals surface area contributed by atoms with E-state index in [0.717, 1.165) is 15.2 Å². The summed E-state index contributed by atoms with van der Waals surface area (Å²) in [5.41, 5.74) is 0. The monoisotopic (exact) mass is 334 g/mol. The van der Waals surface area contributed by atoms with Gasteiger partial charge in [0.05, 0.1) is 11.2 Å². The van der Waals surface area contributed by atoms with Gasteiger partial charge in [-0.3, -0.25) is 4.68 Å². The summed E-state index contributed by atoms with van der Waals surface area (Å²) in [6.07, 6.45) is 3.35. The predicted octanol–water partition coefficient (Wildman–Crippen LogP) is 2.82. The van der Waals surface area contributed by atoms with E-state index in [1.165, 1.54) is 0 Å². The van der Waals surface area contributed by atoms with E-state index >= 15 is 0 Å². The molecule has 1 N–H and O–H groups in total. The van der Waals surface area contributed by atoms with Crippen LogP contribution in [0.25, 0.3) is 0 Å². The van der Waals surface area contributed by atoms with Gasteiger partial charge in [-0.1, -0.05) is 11.6 Å². The van der Waals surface area contributed by atoms with Crippen LogP contribution in [0, 0.1) is 3.57 Å². The van der Waals surface area contributed by atoms with Crippen LogP contribution >= 0.6 is 34.2 Å². The van der Waals surface area contributed by atoms with Crippen LogP contribution in [0.2, 0.25) is 5.02 Å². The van der Waals surface area contributed by atoms with E-state index in [9.17, 15) is 0 Å². The third-order valence-corrected chi connectivity index (χ3v) is 3.40. The first kappa shape index (κ1) is 10.7. The number of rotatable bonds is 2. The Morgan fingerprint density at radius 1 is 1.53 bits per heavy atom. The molecule has 15 heavy (non-hydrogen) atoms. The van der Waals surface area contributed by atoms with Crippen molar-refractivity contribution in [3.8, 4) is 0 Å². The smallest absolute Gasteiger partial charge is 0.132 e. The van der Waals surface area contributed by atoms with Crippen molar-refractivity contribution in [2.24, 2.45) is 7.05 Å². The summed E-state index contributed by atoms with van der Waals surface area (Å²) in [6, 6.07) is 3.76. The quantitative estimate of drug-likeness (QED) is 0.859. The Morgan fingerprint density at radius 2 is 2.33 bits per heavy atom. The van der Waals surface area contributed by atoms with Gasteiger partial charge in [0, 0.05) is 22.9 Å². The van der Waals surface area contributed by atoms with Crippen molar-refractivity contribution in [1.82, 2.24) is 14.8 Å². The molecule has 0 aliphatic carbocycles. The van der Waals surface area contributed by atoms with Crippen molar-refractivity contribution in [1.29, 1.82) is 0 Å². The van der Waals surface area contributed by atoms with Crippen LogP contribution in [0.5, 0.6) is 0 Å². The fourth-order valence-corrected chi connectivity index (χ4v) is 1.65. The minimum absolute atomic E-state index is 0.658. The second kappa shape index (κ2) is 4.36. The molecule has 2 aromatic rings. The summed E-state index contributed by atoms with van der Waals surface area (Å²) in [4.78, 5) is 4.17. The van der Waals surface area contributed by atoms with Crippen LogP contribution in [0.3, 0.4) is 0 Å². The molecule has 0 aliphatic rings. The molecule has 0 aliphatic heterocycles. The number of pyridine rings is 1. The van der Waals surface area contributed by atoms with E-state index < -0.39 is 0 Å². The van der Waals surface area contributed by atoms with Crippen LogP contribution in [0.1, 0.15) is 0 Å². The molecule has 0 bridgehead atoms. The Morgan fingerprint density at radius 3 is 2.93 bits per heavy atom. The van der Waals surface area contributed by atoms with Crippen molar-refractivity contribution < 1.29 is 0 Å². The number of halogens is 2. The number of aryl methyl sites for hydroxylation is 1. The normalized spacial score (nSPS) is 10.3. The van der Waals surface area contributed by atoms with Crippen molar-refractivity contribution in [2.75, 3.05) is 5.32 Å². The largest absolute Gasteiger partial charge is 0.325 e. The minimum atomic E-state index is 0.658. The first-order valence-corrected chi connectivity index (χ1v) is 5.68. The van der Waals surface area contributed by atoms with Crippen LogP contribution in [-0.4, -0.2) is 14.8 Å². The fourth-order valence-electron chi connectivity index (χ4n) is 1.11. The number of hydrogen-bond donors (Lipinski definition) is 1. The van der Waals surface area contributed by atoms with Gasteiger partial charge in [0.25, 0.3) is 0 Å². The summed E-state index contributed by atoms with van der Waals surface area (Å²) in [5, 5.41) is 7.86. The minimum Gasteiger partial charge on any atom is -0.325 e. The molecular weight excluding hydrogens is 326 g/mol. The second-order valence-corrected chi connectivity index (χ2v) is 4.52. The van der Waals surface area contributed by atoms with Crippen LogP contribution < -0.4 is 5.32 Å². The lowest BCUT2D eigenvalue weighted by molar-refractivity contribution is 0.776. The molecule has 0 saturated heterocycles. The number of hydrogen-bond acceptors (Lipinski definition) is 3. The molecule has 78 valence electrons. The van der Waals surface area contributed by atoms with Crippen molar-refractivity contribution in [3.05, 3.63) is 33.1 Å². The highest BCUT2D eigenvalue weighted by Gasteiger charge is 2.02. The van der Waals surface area contributed by atoms with Crippen LogP contribution in [0.15, 0.2) is 24.5 Å². The number of nitrogens with zero attached hydrogens (tertiary/aromatic N) is 3. The summed E-state index contributed by atoms with van der Waals surface area (Å²) in [7, 11) is 1.86. The van der Waals surface area contributed by atoms with Gasteiger partial charge in [-0.2, -0.15) is 5.10 Å². The molecule has 0 fully saturated rings. The number of nitrogens with one attached hydrogen (secondary N) is 1. The Balaban J connectivity index is 2.25. The molecule has 0 spiro atoms. The average molecular weight is 335 g/mol. The molecule has 4 nitrogen and oxygen atoms in total. The molecule has 0 atom stereocenters. The van der Waals surface area contributed by atoms with Gasteiger partial charge in [0.2, 0.25) is 0 Å². The van der Waals surface area contributed by atoms with E-state index in [1.807, 2.05) is 19.2 Å². The molecule has 0 amide bonds. The fraction of sp³-hybridized carbons (Fsp3) is 0.111. The van der Waals surface area contributed by atoms with Crippen molar-refractivity contribution in [3.63, 3.8) is 0 Å². The maximum absolute atomic E-state index is 5.88. The first-order valence-electron chi connectivity index (χ1n) is 4.23. The molecule has 0 aromatic carbocycles. The zero-order valence-corrected chi connectivity index (χ0v) is 10.8. The maximum atomic E-state index is 5.88. The van der Waals surface area contributed by atoms with Crippen LogP contribution in [-0.2, 0) is 7.05 Å². The zero-order valence-electron chi connectivity index (χ0n) is 7.91. The third kappa shape index (κ3) is 2.40. The Kier molecular flexibility index (Phi) is 3.11. The second-order valence-electron chi connectivity index (χ2n) is 2.95. The highest BCUT2D eigenvalue weighted by Crippen LogP contribution is 2.21. The zero-order chi connectivity index (χ0) is 10.8. The standard InChI is InChI=1S/C9H8ClIN4/c1-15-9(2-3-13-15)14-8-4-7(11)6(10)5-12-8/h2-5H,1H3,(H,12,14). The Labute approximate surface area is 106 Å². The molecule has 0 unspecified atom stereocenters. The Hall–Kier alpha value is -0.820. The van der Waals surface area contributed by atoms with Gasteiger partial charge in [0.1, 0.15) is 11.6 Å². The SMILES string of the molecule is Cn1nccc1Nc1cc(I)c(Cl)cn1. The molecular formula is C9H8ClIN4. The number of aromatic nitrogens is 3. The van der Waals surface area contributed by atoms with Crippen LogP contribution in [0.4, 0.5) is 11.6 Å². The molecule has 2 heterocycles. The summed E-state index contributed by atoms with van der Waals surface area (Å²) >= 11 is 8.04. The lowest BCUT2D eigenvalue weighted by atomic mass is 10.4. The predicted molar refractivity (Wildman–Crippen MR) is 68.5 cm³/mol. The molecule has 0 radical (unpaired) electrons. The highest BCUT2D eigenvalue weighted by atomic mass is 127. The third-order valence-electron chi connectivity index (χ3n) is 1.89. The van der Waals surface area contributed by atoms with Gasteiger partial charge >= 0.3 is 0 Å².